The Morgan fingerprint density at radius 1 is 1.22 bits per heavy atom. The number of para-hydroxylation sites is 1. The average molecular weight is 254 g/mol. The van der Waals surface area contributed by atoms with Gasteiger partial charge in [-0.3, -0.25) is 5.32 Å². The number of rotatable bonds is 0. The molecule has 1 aliphatic heterocycles. The van der Waals surface area contributed by atoms with Crippen molar-refractivity contribution in [3.63, 3.8) is 0 Å². The van der Waals surface area contributed by atoms with Gasteiger partial charge in [-0.25, -0.2) is 0 Å². The van der Waals surface area contributed by atoms with E-state index >= 15 is 0 Å². The fraction of sp³-hybridized carbons (Fsp3) is 0.385. The monoisotopic (exact) mass is 254 g/mol. The molecule has 1 unspecified atom stereocenters. The van der Waals surface area contributed by atoms with Crippen LogP contribution in [-0.4, -0.2) is 17.7 Å². The quantitative estimate of drug-likeness (QED) is 0.743. The molecule has 2 N–H and O–H groups in total. The molecule has 0 amide bonds. The molecule has 5 heteroatoms. The maximum absolute atomic E-state index is 13.3. The number of hydrogen-bond donors (Lipinski definition) is 2. The van der Waals surface area contributed by atoms with Crippen molar-refractivity contribution < 1.29 is 13.2 Å². The summed E-state index contributed by atoms with van der Waals surface area (Å²) in [6.45, 7) is 1.54. The molecule has 1 aromatic heterocycles. The Kier molecular flexibility index (Phi) is 2.26. The molecule has 96 valence electrons. The Morgan fingerprint density at radius 3 is 2.67 bits per heavy atom. The molecule has 1 atom stereocenters. The van der Waals surface area contributed by atoms with Gasteiger partial charge in [-0.05, 0) is 13.0 Å². The molecule has 0 radical (unpaired) electrons. The molecule has 1 aromatic carbocycles. The summed E-state index contributed by atoms with van der Waals surface area (Å²) in [6.07, 6.45) is -3.72. The first-order valence-electron chi connectivity index (χ1n) is 5.85. The highest BCUT2D eigenvalue weighted by Gasteiger charge is 2.55. The average Bonchev–Trinajstić information content (AvgIpc) is 2.67. The van der Waals surface area contributed by atoms with E-state index in [0.29, 0.717) is 29.6 Å². The van der Waals surface area contributed by atoms with Crippen LogP contribution in [0.25, 0.3) is 10.9 Å². The molecule has 0 saturated heterocycles. The molecule has 0 spiro atoms. The first-order valence-corrected chi connectivity index (χ1v) is 5.85. The van der Waals surface area contributed by atoms with Gasteiger partial charge in [0.15, 0.2) is 0 Å². The standard InChI is InChI=1S/C13H13F3N2/c1-12(13(14,15)16)11-8-4-2-3-5-9(8)18-10(11)6-7-17-12/h2-5,17-18H,6-7H2,1H3. The number of H-pyrrole nitrogens is 1. The Balaban J connectivity index is 2.33. The van der Waals surface area contributed by atoms with Crippen LogP contribution < -0.4 is 5.32 Å². The van der Waals surface area contributed by atoms with Crippen molar-refractivity contribution in [1.82, 2.24) is 10.3 Å². The Morgan fingerprint density at radius 2 is 1.94 bits per heavy atom. The van der Waals surface area contributed by atoms with Crippen molar-refractivity contribution >= 4 is 10.9 Å². The number of aromatic amines is 1. The van der Waals surface area contributed by atoms with Gasteiger partial charge in [0.25, 0.3) is 0 Å². The molecule has 2 nitrogen and oxygen atoms in total. The van der Waals surface area contributed by atoms with E-state index in [2.05, 4.69) is 10.3 Å². The highest BCUT2D eigenvalue weighted by Crippen LogP contribution is 2.44. The maximum Gasteiger partial charge on any atom is 0.410 e. The molecule has 3 rings (SSSR count). The van der Waals surface area contributed by atoms with Crippen molar-refractivity contribution in [1.29, 1.82) is 0 Å². The predicted octanol–water partition coefficient (Wildman–Crippen LogP) is 3.09. The lowest BCUT2D eigenvalue weighted by atomic mass is 9.85. The van der Waals surface area contributed by atoms with Crippen LogP contribution in [0.15, 0.2) is 24.3 Å². The Labute approximate surface area is 102 Å². The van der Waals surface area contributed by atoms with E-state index in [9.17, 15) is 13.2 Å². The van der Waals surface area contributed by atoms with E-state index in [4.69, 9.17) is 0 Å². The van der Waals surface area contributed by atoms with Crippen LogP contribution in [-0.2, 0) is 12.0 Å². The van der Waals surface area contributed by atoms with E-state index in [-0.39, 0.29) is 0 Å². The predicted molar refractivity (Wildman–Crippen MR) is 63.4 cm³/mol. The topological polar surface area (TPSA) is 27.8 Å². The van der Waals surface area contributed by atoms with Gasteiger partial charge < -0.3 is 4.98 Å². The van der Waals surface area contributed by atoms with Gasteiger partial charge in [-0.2, -0.15) is 13.2 Å². The van der Waals surface area contributed by atoms with Gasteiger partial charge >= 0.3 is 6.18 Å². The highest BCUT2D eigenvalue weighted by atomic mass is 19.4. The van der Waals surface area contributed by atoms with Crippen molar-refractivity contribution in [2.45, 2.75) is 25.1 Å². The number of alkyl halides is 3. The second kappa shape index (κ2) is 3.51. The smallest absolute Gasteiger partial charge is 0.358 e. The van der Waals surface area contributed by atoms with Crippen molar-refractivity contribution in [3.8, 4) is 0 Å². The van der Waals surface area contributed by atoms with E-state index in [0.717, 1.165) is 5.52 Å². The normalized spacial score (nSPS) is 24.2. The minimum absolute atomic E-state index is 0.329. The van der Waals surface area contributed by atoms with Gasteiger partial charge in [0.2, 0.25) is 0 Å². The van der Waals surface area contributed by atoms with Gasteiger partial charge in [0.1, 0.15) is 5.54 Å². The number of benzene rings is 1. The fourth-order valence-electron chi connectivity index (χ4n) is 2.72. The molecule has 0 bridgehead atoms. The van der Waals surface area contributed by atoms with Crippen LogP contribution in [0.5, 0.6) is 0 Å². The highest BCUT2D eigenvalue weighted by molar-refractivity contribution is 5.86. The lowest BCUT2D eigenvalue weighted by Crippen LogP contribution is -2.54. The van der Waals surface area contributed by atoms with E-state index < -0.39 is 11.7 Å². The zero-order valence-electron chi connectivity index (χ0n) is 9.86. The van der Waals surface area contributed by atoms with E-state index in [1.165, 1.54) is 6.92 Å². The van der Waals surface area contributed by atoms with E-state index in [1.807, 2.05) is 12.1 Å². The summed E-state index contributed by atoms with van der Waals surface area (Å²) in [5.74, 6) is 0. The van der Waals surface area contributed by atoms with Crippen LogP contribution in [0.3, 0.4) is 0 Å². The lowest BCUT2D eigenvalue weighted by Gasteiger charge is -2.37. The Hall–Kier alpha value is -1.49. The molecule has 0 aliphatic carbocycles. The molecule has 0 saturated carbocycles. The molecular weight excluding hydrogens is 241 g/mol. The lowest BCUT2D eigenvalue weighted by molar-refractivity contribution is -0.196. The number of aromatic nitrogens is 1. The first-order chi connectivity index (χ1) is 8.43. The van der Waals surface area contributed by atoms with Gasteiger partial charge in [-0.1, -0.05) is 18.2 Å². The zero-order chi connectivity index (χ0) is 13.0. The minimum Gasteiger partial charge on any atom is -0.358 e. The summed E-state index contributed by atoms with van der Waals surface area (Å²) in [5, 5.41) is 3.28. The minimum atomic E-state index is -4.31. The van der Waals surface area contributed by atoms with Crippen LogP contribution >= 0.6 is 0 Å². The van der Waals surface area contributed by atoms with Gasteiger partial charge in [-0.15, -0.1) is 0 Å². The number of halogens is 3. The summed E-state index contributed by atoms with van der Waals surface area (Å²) < 4.78 is 40.0. The molecule has 1 aliphatic rings. The van der Waals surface area contributed by atoms with Crippen molar-refractivity contribution in [2.75, 3.05) is 6.54 Å². The van der Waals surface area contributed by atoms with Crippen LogP contribution in [0.4, 0.5) is 13.2 Å². The summed E-state index contributed by atoms with van der Waals surface area (Å²) in [7, 11) is 0. The van der Waals surface area contributed by atoms with Gasteiger partial charge in [0.05, 0.1) is 0 Å². The first kappa shape index (κ1) is 11.6. The number of hydrogen-bond acceptors (Lipinski definition) is 1. The summed E-state index contributed by atoms with van der Waals surface area (Å²) in [5.41, 5.74) is -0.173. The largest absolute Gasteiger partial charge is 0.410 e. The van der Waals surface area contributed by atoms with Crippen molar-refractivity contribution in [3.05, 3.63) is 35.5 Å². The second-order valence-electron chi connectivity index (χ2n) is 4.82. The maximum atomic E-state index is 13.3. The summed E-state index contributed by atoms with van der Waals surface area (Å²) in [4.78, 5) is 3.10. The second-order valence-corrected chi connectivity index (χ2v) is 4.82. The zero-order valence-corrected chi connectivity index (χ0v) is 9.86. The van der Waals surface area contributed by atoms with Crippen LogP contribution in [0.2, 0.25) is 0 Å². The van der Waals surface area contributed by atoms with Crippen LogP contribution in [0.1, 0.15) is 18.2 Å². The number of fused-ring (bicyclic) bond motifs is 3. The third kappa shape index (κ3) is 1.40. The van der Waals surface area contributed by atoms with Crippen molar-refractivity contribution in [2.24, 2.45) is 0 Å². The number of nitrogens with one attached hydrogen (secondary N) is 2. The SMILES string of the molecule is CC1(C(F)(F)F)NCCc2[nH]c3ccccc3c21. The fourth-order valence-corrected chi connectivity index (χ4v) is 2.72. The van der Waals surface area contributed by atoms with E-state index in [1.54, 1.807) is 12.1 Å². The Bertz CT molecular complexity index is 600. The van der Waals surface area contributed by atoms with Gasteiger partial charge in [0, 0.05) is 35.1 Å². The molecular formula is C13H13F3N2. The molecule has 2 heterocycles. The summed E-state index contributed by atoms with van der Waals surface area (Å²) in [6, 6.07) is 7.14. The molecule has 18 heavy (non-hydrogen) atoms. The third-order valence-corrected chi connectivity index (χ3v) is 3.70. The molecule has 0 fully saturated rings. The third-order valence-electron chi connectivity index (χ3n) is 3.70. The van der Waals surface area contributed by atoms with Crippen LogP contribution in [0, 0.1) is 0 Å². The summed E-state index contributed by atoms with van der Waals surface area (Å²) >= 11 is 0. The molecule has 2 aromatic rings.